The molecule has 0 atom stereocenters. The van der Waals surface area contributed by atoms with Gasteiger partial charge in [-0.05, 0) is 42.4 Å². The molecule has 0 unspecified atom stereocenters. The van der Waals surface area contributed by atoms with Gasteiger partial charge in [-0.15, -0.1) is 0 Å². The maximum atomic E-state index is 9.77. The monoisotopic (exact) mass is 247 g/mol. The third-order valence-electron chi connectivity index (χ3n) is 3.70. The van der Waals surface area contributed by atoms with Crippen molar-refractivity contribution in [3.63, 3.8) is 0 Å². The molecule has 1 aliphatic carbocycles. The Morgan fingerprint density at radius 1 is 1.33 bits per heavy atom. The minimum Gasteiger partial charge on any atom is -0.423 e. The summed E-state index contributed by atoms with van der Waals surface area (Å²) in [5.74, 6) is 0. The summed E-state index contributed by atoms with van der Waals surface area (Å²) in [4.78, 5) is 5.64. The molecule has 2 aliphatic rings. The first-order valence-electron chi connectivity index (χ1n) is 6.67. The van der Waals surface area contributed by atoms with Crippen molar-refractivity contribution in [2.24, 2.45) is 0 Å². The molecule has 5 heteroatoms. The predicted molar refractivity (Wildman–Crippen MR) is 70.7 cm³/mol. The fraction of sp³-hybridized carbons (Fsp3) is 0.538. The maximum Gasteiger partial charge on any atom is 0.491 e. The van der Waals surface area contributed by atoms with Gasteiger partial charge in [0.15, 0.2) is 0 Å². The fourth-order valence-corrected chi connectivity index (χ4v) is 2.64. The van der Waals surface area contributed by atoms with Crippen molar-refractivity contribution < 1.29 is 14.5 Å². The summed E-state index contributed by atoms with van der Waals surface area (Å²) in [7, 11) is -0.804. The maximum absolute atomic E-state index is 9.77. The Labute approximate surface area is 107 Å². The van der Waals surface area contributed by atoms with E-state index in [4.69, 9.17) is 9.49 Å². The van der Waals surface area contributed by atoms with Gasteiger partial charge in [-0.3, -0.25) is 10.3 Å². The normalized spacial score (nSPS) is 19.9. The summed E-state index contributed by atoms with van der Waals surface area (Å²) in [6.45, 7) is 0.583. The molecule has 0 aromatic heterocycles. The Balaban J connectivity index is 1.67. The van der Waals surface area contributed by atoms with Gasteiger partial charge in [-0.2, -0.15) is 0 Å². The van der Waals surface area contributed by atoms with E-state index in [9.17, 15) is 5.02 Å². The molecule has 0 amide bonds. The van der Waals surface area contributed by atoms with Crippen molar-refractivity contribution >= 4 is 18.3 Å². The van der Waals surface area contributed by atoms with Crippen molar-refractivity contribution in [2.75, 3.05) is 12.1 Å². The summed E-state index contributed by atoms with van der Waals surface area (Å²) < 4.78 is 5.22. The molecule has 1 aromatic rings. The minimum atomic E-state index is -0.804. The van der Waals surface area contributed by atoms with Crippen LogP contribution in [0.4, 0.5) is 5.69 Å². The van der Waals surface area contributed by atoms with Crippen molar-refractivity contribution in [1.29, 1.82) is 0 Å². The second-order valence-electron chi connectivity index (χ2n) is 5.01. The molecule has 1 saturated carbocycles. The van der Waals surface area contributed by atoms with E-state index in [0.717, 1.165) is 36.0 Å². The van der Waals surface area contributed by atoms with Gasteiger partial charge in [0.05, 0.1) is 11.8 Å². The zero-order valence-electron chi connectivity index (χ0n) is 10.4. The Bertz CT molecular complexity index is 421. The van der Waals surface area contributed by atoms with Gasteiger partial charge >= 0.3 is 7.12 Å². The van der Waals surface area contributed by atoms with Gasteiger partial charge in [0, 0.05) is 6.61 Å². The van der Waals surface area contributed by atoms with E-state index < -0.39 is 7.12 Å². The van der Waals surface area contributed by atoms with Crippen molar-refractivity contribution in [3.05, 3.63) is 23.8 Å². The molecular formula is C13H18BNO3. The van der Waals surface area contributed by atoms with E-state index in [-0.39, 0.29) is 0 Å². The van der Waals surface area contributed by atoms with Crippen LogP contribution >= 0.6 is 0 Å². The number of anilines is 1. The SMILES string of the molecule is OB1OCCc2ccc(NOC3CCCC3)cc21. The standard InChI is InChI=1S/C13H18BNO3/c16-14-13-9-11(6-5-10(13)7-8-17-14)15-18-12-3-1-2-4-12/h5-6,9,12,15-16H,1-4,7-8H2. The summed E-state index contributed by atoms with van der Waals surface area (Å²) in [5.41, 5.74) is 5.87. The first-order chi connectivity index (χ1) is 8.83. The first kappa shape index (κ1) is 12.0. The molecule has 0 radical (unpaired) electrons. The zero-order valence-corrected chi connectivity index (χ0v) is 10.4. The third kappa shape index (κ3) is 2.53. The number of benzene rings is 1. The highest BCUT2D eigenvalue weighted by Crippen LogP contribution is 2.21. The van der Waals surface area contributed by atoms with Crippen LogP contribution in [0.1, 0.15) is 31.2 Å². The Hall–Kier alpha value is -1.04. The quantitative estimate of drug-likeness (QED) is 0.623. The molecule has 1 fully saturated rings. The lowest BCUT2D eigenvalue weighted by molar-refractivity contribution is 0.106. The zero-order chi connectivity index (χ0) is 12.4. The van der Waals surface area contributed by atoms with Crippen LogP contribution in [0.15, 0.2) is 18.2 Å². The highest BCUT2D eigenvalue weighted by Gasteiger charge is 2.25. The summed E-state index contributed by atoms with van der Waals surface area (Å²) in [6.07, 6.45) is 5.94. The largest absolute Gasteiger partial charge is 0.491 e. The van der Waals surface area contributed by atoms with E-state index >= 15 is 0 Å². The van der Waals surface area contributed by atoms with Crippen molar-refractivity contribution in [2.45, 2.75) is 38.2 Å². The number of rotatable bonds is 3. The smallest absolute Gasteiger partial charge is 0.423 e. The highest BCUT2D eigenvalue weighted by molar-refractivity contribution is 6.61. The van der Waals surface area contributed by atoms with Crippen LogP contribution in [0, 0.1) is 0 Å². The average molecular weight is 247 g/mol. The number of fused-ring (bicyclic) bond motifs is 1. The van der Waals surface area contributed by atoms with Crippen LogP contribution in [0.25, 0.3) is 0 Å². The van der Waals surface area contributed by atoms with Crippen LogP contribution in [-0.4, -0.2) is 24.9 Å². The van der Waals surface area contributed by atoms with Crippen molar-refractivity contribution in [1.82, 2.24) is 0 Å². The van der Waals surface area contributed by atoms with E-state index in [0.29, 0.717) is 12.7 Å². The second-order valence-corrected chi connectivity index (χ2v) is 5.01. The van der Waals surface area contributed by atoms with E-state index in [1.54, 1.807) is 0 Å². The summed E-state index contributed by atoms with van der Waals surface area (Å²) >= 11 is 0. The van der Waals surface area contributed by atoms with E-state index in [1.165, 1.54) is 12.8 Å². The molecule has 3 rings (SSSR count). The minimum absolute atomic E-state index is 0.321. The fourth-order valence-electron chi connectivity index (χ4n) is 2.64. The molecule has 4 nitrogen and oxygen atoms in total. The lowest BCUT2D eigenvalue weighted by Crippen LogP contribution is -2.41. The first-order valence-corrected chi connectivity index (χ1v) is 6.67. The van der Waals surface area contributed by atoms with Gasteiger partial charge in [0.1, 0.15) is 0 Å². The topological polar surface area (TPSA) is 50.7 Å². The van der Waals surface area contributed by atoms with Gasteiger partial charge in [0.2, 0.25) is 0 Å². The van der Waals surface area contributed by atoms with Crippen LogP contribution in [0.3, 0.4) is 0 Å². The number of hydrogen-bond donors (Lipinski definition) is 2. The van der Waals surface area contributed by atoms with Gasteiger partial charge in [-0.25, -0.2) is 0 Å². The van der Waals surface area contributed by atoms with E-state index in [1.807, 2.05) is 18.2 Å². The number of nitrogens with one attached hydrogen (secondary N) is 1. The van der Waals surface area contributed by atoms with Crippen LogP contribution in [0.2, 0.25) is 0 Å². The molecule has 0 spiro atoms. The van der Waals surface area contributed by atoms with Crippen molar-refractivity contribution in [3.8, 4) is 0 Å². The molecule has 18 heavy (non-hydrogen) atoms. The Kier molecular flexibility index (Phi) is 3.54. The molecule has 96 valence electrons. The molecule has 1 aromatic carbocycles. The van der Waals surface area contributed by atoms with Crippen LogP contribution in [-0.2, 0) is 15.9 Å². The van der Waals surface area contributed by atoms with Crippen LogP contribution in [0.5, 0.6) is 0 Å². The van der Waals surface area contributed by atoms with Crippen LogP contribution < -0.4 is 10.9 Å². The molecule has 1 heterocycles. The summed E-state index contributed by atoms with van der Waals surface area (Å²) in [6, 6.07) is 5.93. The van der Waals surface area contributed by atoms with Gasteiger partial charge in [-0.1, -0.05) is 18.9 Å². The molecule has 0 bridgehead atoms. The Morgan fingerprint density at radius 2 is 2.17 bits per heavy atom. The predicted octanol–water partition coefficient (Wildman–Crippen LogP) is 1.23. The average Bonchev–Trinajstić information content (AvgIpc) is 2.90. The summed E-state index contributed by atoms with van der Waals surface area (Å²) in [5, 5.41) is 9.77. The van der Waals surface area contributed by atoms with Gasteiger partial charge in [0.25, 0.3) is 0 Å². The lowest BCUT2D eigenvalue weighted by atomic mass is 9.73. The van der Waals surface area contributed by atoms with E-state index in [2.05, 4.69) is 5.48 Å². The van der Waals surface area contributed by atoms with Gasteiger partial charge < -0.3 is 9.68 Å². The molecule has 0 saturated heterocycles. The number of hydrogen-bond acceptors (Lipinski definition) is 4. The Morgan fingerprint density at radius 3 is 3.00 bits per heavy atom. The molecular weight excluding hydrogens is 229 g/mol. The second kappa shape index (κ2) is 5.30. The lowest BCUT2D eigenvalue weighted by Gasteiger charge is -2.20. The molecule has 2 N–H and O–H groups in total. The highest BCUT2D eigenvalue weighted by atomic mass is 16.7. The molecule has 1 aliphatic heterocycles. The third-order valence-corrected chi connectivity index (χ3v) is 3.70.